The highest BCUT2D eigenvalue weighted by Crippen LogP contribution is 2.19. The highest BCUT2D eigenvalue weighted by Gasteiger charge is 2.22. The third-order valence-electron chi connectivity index (χ3n) is 5.93. The van der Waals surface area contributed by atoms with Gasteiger partial charge >= 0.3 is 0 Å². The summed E-state index contributed by atoms with van der Waals surface area (Å²) in [6.07, 6.45) is 6.31. The first-order chi connectivity index (χ1) is 14.8. The SMILES string of the molecule is C[C@@H]1CCCN1CCCOc1ccc(C(CN2CCCCC2=O)=NOC(C)(C)C)cc1. The Morgan fingerprint density at radius 2 is 1.90 bits per heavy atom. The maximum absolute atomic E-state index is 12.3. The number of piperidine rings is 1. The number of nitrogens with zero attached hydrogens (tertiary/aromatic N) is 3. The summed E-state index contributed by atoms with van der Waals surface area (Å²) in [4.78, 5) is 22.4. The van der Waals surface area contributed by atoms with E-state index in [1.165, 1.54) is 19.4 Å². The van der Waals surface area contributed by atoms with Gasteiger partial charge in [-0.15, -0.1) is 0 Å². The minimum absolute atomic E-state index is 0.196. The van der Waals surface area contributed by atoms with Crippen LogP contribution in [0.5, 0.6) is 5.75 Å². The first kappa shape index (κ1) is 23.6. The van der Waals surface area contributed by atoms with Crippen molar-refractivity contribution < 1.29 is 14.4 Å². The van der Waals surface area contributed by atoms with Gasteiger partial charge in [0.2, 0.25) is 5.91 Å². The number of carbonyl (C=O) groups is 1. The first-order valence-electron chi connectivity index (χ1n) is 11.8. The number of hydrogen-bond acceptors (Lipinski definition) is 5. The minimum Gasteiger partial charge on any atom is -0.494 e. The number of ether oxygens (including phenoxy) is 1. The molecule has 1 atom stereocenters. The summed E-state index contributed by atoms with van der Waals surface area (Å²) in [5.74, 6) is 1.06. The molecule has 6 heteroatoms. The maximum Gasteiger partial charge on any atom is 0.222 e. The fourth-order valence-corrected chi connectivity index (χ4v) is 4.10. The van der Waals surface area contributed by atoms with Gasteiger partial charge < -0.3 is 19.4 Å². The van der Waals surface area contributed by atoms with Crippen LogP contribution < -0.4 is 4.74 Å². The van der Waals surface area contributed by atoms with Gasteiger partial charge in [-0.05, 0) is 90.6 Å². The molecule has 2 fully saturated rings. The summed E-state index contributed by atoms with van der Waals surface area (Å²) in [6, 6.07) is 8.70. The molecule has 2 saturated heterocycles. The molecule has 0 spiro atoms. The number of amides is 1. The molecule has 0 saturated carbocycles. The van der Waals surface area contributed by atoms with Crippen molar-refractivity contribution >= 4 is 11.6 Å². The first-order valence-corrected chi connectivity index (χ1v) is 11.8. The van der Waals surface area contributed by atoms with Crippen LogP contribution in [0.15, 0.2) is 29.4 Å². The van der Waals surface area contributed by atoms with E-state index < -0.39 is 0 Å². The van der Waals surface area contributed by atoms with Crippen LogP contribution in [0.2, 0.25) is 0 Å². The van der Waals surface area contributed by atoms with Gasteiger partial charge in [-0.3, -0.25) is 4.79 Å². The lowest BCUT2D eigenvalue weighted by Crippen LogP contribution is -2.39. The van der Waals surface area contributed by atoms with Crippen molar-refractivity contribution in [2.45, 2.75) is 77.9 Å². The highest BCUT2D eigenvalue weighted by atomic mass is 16.6. The molecule has 0 aromatic heterocycles. The number of oxime groups is 1. The lowest BCUT2D eigenvalue weighted by Gasteiger charge is -2.27. The highest BCUT2D eigenvalue weighted by molar-refractivity contribution is 6.03. The molecule has 0 N–H and O–H groups in total. The smallest absolute Gasteiger partial charge is 0.222 e. The molecular weight excluding hydrogens is 390 g/mol. The Kier molecular flexibility index (Phi) is 8.35. The molecule has 1 amide bonds. The summed E-state index contributed by atoms with van der Waals surface area (Å²) in [7, 11) is 0. The summed E-state index contributed by atoms with van der Waals surface area (Å²) >= 11 is 0. The summed E-state index contributed by atoms with van der Waals surface area (Å²) in [5.41, 5.74) is 1.35. The molecule has 2 heterocycles. The molecule has 31 heavy (non-hydrogen) atoms. The molecule has 172 valence electrons. The Bertz CT molecular complexity index is 739. The fraction of sp³-hybridized carbons (Fsp3) is 0.680. The largest absolute Gasteiger partial charge is 0.494 e. The molecule has 0 aliphatic carbocycles. The number of carbonyl (C=O) groups excluding carboxylic acids is 1. The number of hydrogen-bond donors (Lipinski definition) is 0. The van der Waals surface area contributed by atoms with Crippen molar-refractivity contribution in [3.8, 4) is 5.75 Å². The number of rotatable bonds is 9. The number of likely N-dealkylation sites (tertiary alicyclic amines) is 2. The zero-order valence-electron chi connectivity index (χ0n) is 19.7. The van der Waals surface area contributed by atoms with E-state index in [0.717, 1.165) is 56.0 Å². The Morgan fingerprint density at radius 1 is 1.13 bits per heavy atom. The lowest BCUT2D eigenvalue weighted by atomic mass is 10.1. The van der Waals surface area contributed by atoms with Crippen molar-refractivity contribution in [1.29, 1.82) is 0 Å². The van der Waals surface area contributed by atoms with Crippen LogP contribution in [0.25, 0.3) is 0 Å². The molecule has 2 aliphatic rings. The van der Waals surface area contributed by atoms with Gasteiger partial charge in [0, 0.05) is 31.1 Å². The van der Waals surface area contributed by atoms with Gasteiger partial charge in [0.1, 0.15) is 17.1 Å². The van der Waals surface area contributed by atoms with E-state index in [4.69, 9.17) is 9.57 Å². The third kappa shape index (κ3) is 7.53. The van der Waals surface area contributed by atoms with Crippen molar-refractivity contribution in [3.63, 3.8) is 0 Å². The van der Waals surface area contributed by atoms with E-state index in [0.29, 0.717) is 19.0 Å². The summed E-state index contributed by atoms with van der Waals surface area (Å²) in [6.45, 7) is 12.5. The fourth-order valence-electron chi connectivity index (χ4n) is 4.10. The lowest BCUT2D eigenvalue weighted by molar-refractivity contribution is -0.132. The molecule has 0 bridgehead atoms. The Labute approximate surface area is 187 Å². The van der Waals surface area contributed by atoms with Crippen LogP contribution in [-0.4, -0.2) is 65.8 Å². The molecule has 2 aliphatic heterocycles. The van der Waals surface area contributed by atoms with Crippen LogP contribution in [0.1, 0.15) is 71.8 Å². The van der Waals surface area contributed by atoms with E-state index in [9.17, 15) is 4.79 Å². The van der Waals surface area contributed by atoms with Crippen LogP contribution in [0.3, 0.4) is 0 Å². The van der Waals surface area contributed by atoms with E-state index in [2.05, 4.69) is 17.0 Å². The van der Waals surface area contributed by atoms with Gasteiger partial charge in [0.15, 0.2) is 0 Å². The Balaban J connectivity index is 1.57. The van der Waals surface area contributed by atoms with Crippen LogP contribution in [0, 0.1) is 0 Å². The topological polar surface area (TPSA) is 54.4 Å². The average Bonchev–Trinajstić information content (AvgIpc) is 3.14. The third-order valence-corrected chi connectivity index (χ3v) is 5.93. The molecular formula is C25H39N3O3. The second kappa shape index (κ2) is 11.0. The van der Waals surface area contributed by atoms with Gasteiger partial charge in [-0.2, -0.15) is 0 Å². The summed E-state index contributed by atoms with van der Waals surface area (Å²) < 4.78 is 5.95. The predicted octanol–water partition coefficient (Wildman–Crippen LogP) is 4.47. The van der Waals surface area contributed by atoms with Crippen molar-refractivity contribution in [1.82, 2.24) is 9.80 Å². The van der Waals surface area contributed by atoms with Gasteiger partial charge in [-0.25, -0.2) is 0 Å². The van der Waals surface area contributed by atoms with Gasteiger partial charge in [0.05, 0.1) is 13.2 Å². The van der Waals surface area contributed by atoms with E-state index >= 15 is 0 Å². The zero-order valence-corrected chi connectivity index (χ0v) is 19.7. The molecule has 1 aromatic rings. The second-order valence-corrected chi connectivity index (χ2v) is 9.77. The number of benzene rings is 1. The quantitative estimate of drug-likeness (QED) is 0.330. The molecule has 6 nitrogen and oxygen atoms in total. The van der Waals surface area contributed by atoms with Crippen molar-refractivity contribution in [3.05, 3.63) is 29.8 Å². The second-order valence-electron chi connectivity index (χ2n) is 9.77. The zero-order chi connectivity index (χ0) is 22.3. The molecule has 0 radical (unpaired) electrons. The van der Waals surface area contributed by atoms with Crippen molar-refractivity contribution in [2.75, 3.05) is 32.8 Å². The van der Waals surface area contributed by atoms with Gasteiger partial charge in [-0.1, -0.05) is 5.16 Å². The van der Waals surface area contributed by atoms with E-state index in [-0.39, 0.29) is 11.5 Å². The van der Waals surface area contributed by atoms with Crippen LogP contribution in [0.4, 0.5) is 0 Å². The standard InChI is InChI=1S/C25H39N3O3/c1-20-9-7-16-27(20)17-8-18-30-22-13-11-21(12-14-22)23(26-31-25(2,3)4)19-28-15-6-5-10-24(28)29/h11-14,20H,5-10,15-19H2,1-4H3/t20-/m1/s1. The Hall–Kier alpha value is -2.08. The van der Waals surface area contributed by atoms with Gasteiger partial charge in [0.25, 0.3) is 0 Å². The molecule has 0 unspecified atom stereocenters. The molecule has 3 rings (SSSR count). The average molecular weight is 430 g/mol. The van der Waals surface area contributed by atoms with E-state index in [1.54, 1.807) is 0 Å². The van der Waals surface area contributed by atoms with E-state index in [1.807, 2.05) is 49.9 Å². The van der Waals surface area contributed by atoms with Crippen LogP contribution >= 0.6 is 0 Å². The van der Waals surface area contributed by atoms with Crippen LogP contribution in [-0.2, 0) is 9.63 Å². The Morgan fingerprint density at radius 3 is 2.55 bits per heavy atom. The van der Waals surface area contributed by atoms with Crippen molar-refractivity contribution in [2.24, 2.45) is 5.16 Å². The monoisotopic (exact) mass is 429 g/mol. The predicted molar refractivity (Wildman–Crippen MR) is 125 cm³/mol. The minimum atomic E-state index is -0.382. The maximum atomic E-state index is 12.3. The molecule has 1 aromatic carbocycles. The normalized spacial score (nSPS) is 20.9. The summed E-state index contributed by atoms with van der Waals surface area (Å²) in [5, 5.41) is 4.43.